The maximum Gasteiger partial charge on any atom is 0.257 e. The summed E-state index contributed by atoms with van der Waals surface area (Å²) in [5, 5.41) is 5.59. The van der Waals surface area contributed by atoms with E-state index < -0.39 is 0 Å². The minimum absolute atomic E-state index is 0.135. The zero-order valence-corrected chi connectivity index (χ0v) is 14.4. The van der Waals surface area contributed by atoms with E-state index in [4.69, 9.17) is 4.74 Å². The number of benzene rings is 1. The van der Waals surface area contributed by atoms with Crippen LogP contribution in [0.5, 0.6) is 0 Å². The highest BCUT2D eigenvalue weighted by molar-refractivity contribution is 9.10. The van der Waals surface area contributed by atoms with Gasteiger partial charge >= 0.3 is 0 Å². The Bertz CT molecular complexity index is 743. The molecule has 2 amide bonds. The van der Waals surface area contributed by atoms with Crippen molar-refractivity contribution in [2.24, 2.45) is 0 Å². The summed E-state index contributed by atoms with van der Waals surface area (Å²) < 4.78 is 6.08. The van der Waals surface area contributed by atoms with Crippen LogP contribution in [-0.2, 0) is 9.53 Å². The van der Waals surface area contributed by atoms with E-state index in [0.717, 1.165) is 17.3 Å². The molecule has 0 aliphatic carbocycles. The second-order valence-electron chi connectivity index (χ2n) is 5.41. The van der Waals surface area contributed by atoms with E-state index in [0.29, 0.717) is 23.5 Å². The van der Waals surface area contributed by atoms with Crippen molar-refractivity contribution in [2.75, 3.05) is 17.2 Å². The molecule has 0 unspecified atom stereocenters. The van der Waals surface area contributed by atoms with Gasteiger partial charge in [0.25, 0.3) is 11.8 Å². The van der Waals surface area contributed by atoms with Gasteiger partial charge in [0.2, 0.25) is 0 Å². The van der Waals surface area contributed by atoms with Gasteiger partial charge in [-0.1, -0.05) is 0 Å². The number of hydrogen-bond acceptors (Lipinski definition) is 4. The number of carbonyl (C=O) groups excluding carboxylic acids is 2. The molecule has 0 saturated carbocycles. The van der Waals surface area contributed by atoms with Crippen LogP contribution in [0.1, 0.15) is 23.2 Å². The SMILES string of the molecule is O=C(Nc1ccc(NC(=O)[C@@H]2CCCO2)cc1)c1cncc(Br)c1. The molecule has 1 saturated heterocycles. The molecule has 2 N–H and O–H groups in total. The summed E-state index contributed by atoms with van der Waals surface area (Å²) in [5.41, 5.74) is 1.76. The maximum absolute atomic E-state index is 12.1. The van der Waals surface area contributed by atoms with Crippen LogP contribution >= 0.6 is 15.9 Å². The first-order valence-electron chi connectivity index (χ1n) is 7.56. The molecule has 1 aliphatic rings. The minimum atomic E-state index is -0.367. The second-order valence-corrected chi connectivity index (χ2v) is 6.33. The number of hydrogen-bond donors (Lipinski definition) is 2. The lowest BCUT2D eigenvalue weighted by molar-refractivity contribution is -0.124. The molecule has 0 spiro atoms. The highest BCUT2D eigenvalue weighted by Crippen LogP contribution is 2.18. The van der Waals surface area contributed by atoms with Gasteiger partial charge in [-0.05, 0) is 59.1 Å². The van der Waals surface area contributed by atoms with Gasteiger partial charge in [-0.25, -0.2) is 0 Å². The smallest absolute Gasteiger partial charge is 0.257 e. The topological polar surface area (TPSA) is 80.3 Å². The largest absolute Gasteiger partial charge is 0.368 e. The van der Waals surface area contributed by atoms with E-state index >= 15 is 0 Å². The summed E-state index contributed by atoms with van der Waals surface area (Å²) in [6.45, 7) is 0.632. The fourth-order valence-corrected chi connectivity index (χ4v) is 2.75. The number of aromatic nitrogens is 1. The predicted molar refractivity (Wildman–Crippen MR) is 93.9 cm³/mol. The van der Waals surface area contributed by atoms with Gasteiger partial charge in [-0.2, -0.15) is 0 Å². The number of amides is 2. The first-order valence-corrected chi connectivity index (χ1v) is 8.35. The van der Waals surface area contributed by atoms with E-state index in [2.05, 4.69) is 31.5 Å². The molecule has 7 heteroatoms. The summed E-state index contributed by atoms with van der Waals surface area (Å²) in [6.07, 6.45) is 4.40. The Kier molecular flexibility index (Phi) is 5.22. The Morgan fingerprint density at radius 3 is 2.46 bits per heavy atom. The Hall–Kier alpha value is -2.25. The van der Waals surface area contributed by atoms with Gasteiger partial charge in [0.15, 0.2) is 0 Å². The number of nitrogens with zero attached hydrogens (tertiary/aromatic N) is 1. The number of pyridine rings is 1. The molecule has 0 radical (unpaired) electrons. The first kappa shape index (κ1) is 16.6. The number of anilines is 2. The second kappa shape index (κ2) is 7.55. The average Bonchev–Trinajstić information content (AvgIpc) is 3.11. The van der Waals surface area contributed by atoms with Crippen molar-refractivity contribution in [3.63, 3.8) is 0 Å². The number of halogens is 1. The number of ether oxygens (including phenoxy) is 1. The van der Waals surface area contributed by atoms with Crippen LogP contribution in [0, 0.1) is 0 Å². The summed E-state index contributed by atoms with van der Waals surface area (Å²) >= 11 is 3.28. The van der Waals surface area contributed by atoms with Gasteiger partial charge in [0, 0.05) is 34.8 Å². The Morgan fingerprint density at radius 2 is 1.83 bits per heavy atom. The Labute approximate surface area is 147 Å². The predicted octanol–water partition coefficient (Wildman–Crippen LogP) is 3.21. The van der Waals surface area contributed by atoms with Crippen LogP contribution in [-0.4, -0.2) is 29.5 Å². The lowest BCUT2D eigenvalue weighted by Gasteiger charge is -2.11. The summed E-state index contributed by atoms with van der Waals surface area (Å²) in [5.74, 6) is -0.385. The normalized spacial score (nSPS) is 16.6. The minimum Gasteiger partial charge on any atom is -0.368 e. The number of rotatable bonds is 4. The zero-order valence-electron chi connectivity index (χ0n) is 12.8. The van der Waals surface area contributed by atoms with Crippen molar-refractivity contribution in [1.29, 1.82) is 0 Å². The maximum atomic E-state index is 12.1. The molecule has 0 bridgehead atoms. The van der Waals surface area contributed by atoms with Crippen LogP contribution < -0.4 is 10.6 Å². The molecule has 24 heavy (non-hydrogen) atoms. The van der Waals surface area contributed by atoms with Crippen LogP contribution in [0.25, 0.3) is 0 Å². The fourth-order valence-electron chi connectivity index (χ4n) is 2.38. The summed E-state index contributed by atoms with van der Waals surface area (Å²) in [6, 6.07) is 8.63. The van der Waals surface area contributed by atoms with Gasteiger partial charge in [-0.3, -0.25) is 14.6 Å². The molecule has 6 nitrogen and oxygen atoms in total. The molecular weight excluding hydrogens is 374 g/mol. The van der Waals surface area contributed by atoms with Crippen molar-refractivity contribution in [3.8, 4) is 0 Å². The van der Waals surface area contributed by atoms with E-state index in [1.165, 1.54) is 6.20 Å². The van der Waals surface area contributed by atoms with Crippen LogP contribution in [0.4, 0.5) is 11.4 Å². The molecule has 1 aliphatic heterocycles. The standard InChI is InChI=1S/C17H16BrN3O3/c18-12-8-11(9-19-10-12)16(22)20-13-3-5-14(6-4-13)21-17(23)15-2-1-7-24-15/h3-6,8-10,15H,1-2,7H2,(H,20,22)(H,21,23)/t15-/m0/s1. The fraction of sp³-hybridized carbons (Fsp3) is 0.235. The Morgan fingerprint density at radius 1 is 1.12 bits per heavy atom. The average molecular weight is 390 g/mol. The third kappa shape index (κ3) is 4.18. The molecule has 1 aromatic carbocycles. The van der Waals surface area contributed by atoms with Gasteiger partial charge < -0.3 is 15.4 Å². The Balaban J connectivity index is 1.60. The monoisotopic (exact) mass is 389 g/mol. The number of carbonyl (C=O) groups is 2. The molecule has 124 valence electrons. The van der Waals surface area contributed by atoms with E-state index in [1.54, 1.807) is 36.5 Å². The molecule has 2 aromatic rings. The van der Waals surface area contributed by atoms with Crippen LogP contribution in [0.2, 0.25) is 0 Å². The van der Waals surface area contributed by atoms with E-state index in [9.17, 15) is 9.59 Å². The quantitative estimate of drug-likeness (QED) is 0.840. The number of nitrogens with one attached hydrogen (secondary N) is 2. The van der Waals surface area contributed by atoms with E-state index in [1.807, 2.05) is 0 Å². The van der Waals surface area contributed by atoms with Gasteiger partial charge in [0.05, 0.1) is 5.56 Å². The first-order chi connectivity index (χ1) is 11.6. The molecule has 2 heterocycles. The lowest BCUT2D eigenvalue weighted by Crippen LogP contribution is -2.26. The molecule has 3 rings (SSSR count). The molecule has 1 aromatic heterocycles. The summed E-state index contributed by atoms with van der Waals surface area (Å²) in [4.78, 5) is 28.1. The van der Waals surface area contributed by atoms with Gasteiger partial charge in [0.1, 0.15) is 6.10 Å². The van der Waals surface area contributed by atoms with Crippen LogP contribution in [0.15, 0.2) is 47.2 Å². The van der Waals surface area contributed by atoms with Crippen molar-refractivity contribution < 1.29 is 14.3 Å². The molecule has 1 fully saturated rings. The van der Waals surface area contributed by atoms with E-state index in [-0.39, 0.29) is 17.9 Å². The van der Waals surface area contributed by atoms with Crippen molar-refractivity contribution in [3.05, 3.63) is 52.8 Å². The molecular formula is C17H16BrN3O3. The highest BCUT2D eigenvalue weighted by atomic mass is 79.9. The third-order valence-electron chi connectivity index (χ3n) is 3.60. The zero-order chi connectivity index (χ0) is 16.9. The molecule has 1 atom stereocenters. The van der Waals surface area contributed by atoms with Crippen LogP contribution in [0.3, 0.4) is 0 Å². The lowest BCUT2D eigenvalue weighted by atomic mass is 10.2. The van der Waals surface area contributed by atoms with Crippen molar-refractivity contribution in [1.82, 2.24) is 4.98 Å². The highest BCUT2D eigenvalue weighted by Gasteiger charge is 2.23. The van der Waals surface area contributed by atoms with Gasteiger partial charge in [-0.15, -0.1) is 0 Å². The summed E-state index contributed by atoms with van der Waals surface area (Å²) in [7, 11) is 0. The van der Waals surface area contributed by atoms with Crippen molar-refractivity contribution in [2.45, 2.75) is 18.9 Å². The third-order valence-corrected chi connectivity index (χ3v) is 4.03. The van der Waals surface area contributed by atoms with Crippen molar-refractivity contribution >= 4 is 39.1 Å².